The van der Waals surface area contributed by atoms with Gasteiger partial charge in [0.2, 0.25) is 0 Å². The Bertz CT molecular complexity index is 2300. The highest BCUT2D eigenvalue weighted by Crippen LogP contribution is 2.42. The van der Waals surface area contributed by atoms with E-state index in [1.807, 2.05) is 36.0 Å². The second-order valence-corrected chi connectivity index (χ2v) is 11.8. The number of fused-ring (bicyclic) bond motifs is 9. The number of hydrogen-bond donors (Lipinski definition) is 0. The molecule has 6 aromatic carbocycles. The maximum atomic E-state index is 6.20. The van der Waals surface area contributed by atoms with Crippen LogP contribution in [-0.4, -0.2) is 0 Å². The van der Waals surface area contributed by atoms with E-state index < -0.39 is 0 Å². The summed E-state index contributed by atoms with van der Waals surface area (Å²) in [6.07, 6.45) is 0. The van der Waals surface area contributed by atoms with E-state index >= 15 is 0 Å². The van der Waals surface area contributed by atoms with Crippen molar-refractivity contribution in [1.82, 2.24) is 0 Å². The molecule has 1 aliphatic heterocycles. The number of para-hydroxylation sites is 2. The lowest BCUT2D eigenvalue weighted by atomic mass is 9.90. The number of benzene rings is 6. The van der Waals surface area contributed by atoms with Crippen molar-refractivity contribution < 1.29 is 8.83 Å². The van der Waals surface area contributed by atoms with Crippen LogP contribution in [0.4, 0.5) is 0 Å². The van der Waals surface area contributed by atoms with E-state index in [0.717, 1.165) is 44.6 Å². The van der Waals surface area contributed by atoms with Crippen LogP contribution >= 0.6 is 11.8 Å². The summed E-state index contributed by atoms with van der Waals surface area (Å²) in [6.45, 7) is 0. The first-order valence-electron chi connectivity index (χ1n) is 14.0. The summed E-state index contributed by atoms with van der Waals surface area (Å²) in [4.78, 5) is 0. The average Bonchev–Trinajstić information content (AvgIpc) is 3.53. The van der Waals surface area contributed by atoms with Gasteiger partial charge in [-0.25, -0.2) is 0 Å². The zero-order valence-electron chi connectivity index (χ0n) is 22.2. The van der Waals surface area contributed by atoms with Crippen molar-refractivity contribution in [2.45, 2.75) is 11.5 Å². The van der Waals surface area contributed by atoms with E-state index in [9.17, 15) is 0 Å². The summed E-state index contributed by atoms with van der Waals surface area (Å²) in [6, 6.07) is 43.5. The molecule has 3 heterocycles. The molecule has 0 N–H and O–H groups in total. The van der Waals surface area contributed by atoms with Crippen molar-refractivity contribution in [3.05, 3.63) is 132 Å². The van der Waals surface area contributed by atoms with E-state index in [1.165, 1.54) is 55.3 Å². The lowest BCUT2D eigenvalue weighted by molar-refractivity contribution is 0.668. The van der Waals surface area contributed by atoms with Gasteiger partial charge in [-0.15, -0.1) is 0 Å². The summed E-state index contributed by atoms with van der Waals surface area (Å²) in [7, 11) is 0. The van der Waals surface area contributed by atoms with Crippen LogP contribution in [0, 0.1) is 0 Å². The highest BCUT2D eigenvalue weighted by molar-refractivity contribution is 7.97. The SMILES string of the molecule is c1ccc2c(c1)oc1cc(-c3ccc4c(c3)-c3ccc(-c5cccc6oc7ccccc7c56)cc3CSC4)ccc12. The van der Waals surface area contributed by atoms with Crippen LogP contribution in [0.2, 0.25) is 0 Å². The normalized spacial score (nSPS) is 13.1. The molecule has 2 nitrogen and oxygen atoms in total. The van der Waals surface area contributed by atoms with Gasteiger partial charge in [0.05, 0.1) is 0 Å². The quantitative estimate of drug-likeness (QED) is 0.216. The number of thioether (sulfide) groups is 1. The topological polar surface area (TPSA) is 26.3 Å². The maximum absolute atomic E-state index is 6.20. The van der Waals surface area contributed by atoms with E-state index in [-0.39, 0.29) is 0 Å². The van der Waals surface area contributed by atoms with Crippen LogP contribution < -0.4 is 0 Å². The first-order chi connectivity index (χ1) is 20.3. The molecule has 0 amide bonds. The van der Waals surface area contributed by atoms with E-state index in [2.05, 4.69) is 97.1 Å². The van der Waals surface area contributed by atoms with Crippen LogP contribution in [0.1, 0.15) is 11.1 Å². The minimum absolute atomic E-state index is 0.931. The van der Waals surface area contributed by atoms with Gasteiger partial charge >= 0.3 is 0 Å². The molecule has 2 aromatic heterocycles. The van der Waals surface area contributed by atoms with Crippen LogP contribution in [0.5, 0.6) is 0 Å². The predicted molar refractivity (Wildman–Crippen MR) is 172 cm³/mol. The van der Waals surface area contributed by atoms with E-state index in [1.54, 1.807) is 0 Å². The monoisotopic (exact) mass is 544 g/mol. The first kappa shape index (κ1) is 23.0. The molecule has 3 heteroatoms. The zero-order chi connectivity index (χ0) is 26.9. The van der Waals surface area contributed by atoms with E-state index in [0.29, 0.717) is 0 Å². The summed E-state index contributed by atoms with van der Waals surface area (Å²) in [5.74, 6) is 1.99. The molecular formula is C38H24O2S. The first-order valence-corrected chi connectivity index (χ1v) is 15.1. The fraction of sp³-hybridized carbons (Fsp3) is 0.0526. The van der Waals surface area contributed by atoms with Crippen LogP contribution in [-0.2, 0) is 11.5 Å². The fourth-order valence-corrected chi connectivity index (χ4v) is 7.50. The Kier molecular flexibility index (Phi) is 4.99. The molecule has 0 fully saturated rings. The molecule has 0 saturated heterocycles. The number of rotatable bonds is 2. The van der Waals surface area contributed by atoms with Gasteiger partial charge in [0.1, 0.15) is 22.3 Å². The van der Waals surface area contributed by atoms with Crippen LogP contribution in [0.25, 0.3) is 77.3 Å². The van der Waals surface area contributed by atoms with Crippen molar-refractivity contribution in [3.8, 4) is 33.4 Å². The Labute approximate surface area is 241 Å². The minimum Gasteiger partial charge on any atom is -0.456 e. The van der Waals surface area contributed by atoms with Gasteiger partial charge in [0.25, 0.3) is 0 Å². The molecule has 9 rings (SSSR count). The Morgan fingerprint density at radius 2 is 1.10 bits per heavy atom. The Morgan fingerprint density at radius 3 is 2.02 bits per heavy atom. The molecule has 0 bridgehead atoms. The van der Waals surface area contributed by atoms with Gasteiger partial charge < -0.3 is 8.83 Å². The Balaban J connectivity index is 1.17. The van der Waals surface area contributed by atoms with Crippen molar-refractivity contribution in [1.29, 1.82) is 0 Å². The second-order valence-electron chi connectivity index (χ2n) is 10.8. The smallest absolute Gasteiger partial charge is 0.136 e. The van der Waals surface area contributed by atoms with Crippen molar-refractivity contribution >= 4 is 55.6 Å². The minimum atomic E-state index is 0.931. The third-order valence-electron chi connectivity index (χ3n) is 8.45. The van der Waals surface area contributed by atoms with Gasteiger partial charge in [-0.1, -0.05) is 78.9 Å². The van der Waals surface area contributed by atoms with Crippen LogP contribution in [0.3, 0.4) is 0 Å². The lowest BCUT2D eigenvalue weighted by Gasteiger charge is -2.14. The van der Waals surface area contributed by atoms with Gasteiger partial charge in [0, 0.05) is 33.1 Å². The molecule has 0 unspecified atom stereocenters. The van der Waals surface area contributed by atoms with E-state index in [4.69, 9.17) is 8.83 Å². The fourth-order valence-electron chi connectivity index (χ4n) is 6.47. The molecule has 1 aliphatic rings. The van der Waals surface area contributed by atoms with Gasteiger partial charge in [0.15, 0.2) is 0 Å². The Morgan fingerprint density at radius 1 is 0.415 bits per heavy atom. The highest BCUT2D eigenvalue weighted by Gasteiger charge is 2.19. The predicted octanol–water partition coefficient (Wildman–Crippen LogP) is 11.2. The number of hydrogen-bond acceptors (Lipinski definition) is 3. The molecule has 0 aliphatic carbocycles. The number of furan rings is 2. The third-order valence-corrected chi connectivity index (χ3v) is 9.48. The summed E-state index contributed by atoms with van der Waals surface area (Å²) in [5.41, 5.74) is 14.0. The summed E-state index contributed by atoms with van der Waals surface area (Å²) in [5, 5.41) is 4.68. The molecule has 0 radical (unpaired) electrons. The summed E-state index contributed by atoms with van der Waals surface area (Å²) >= 11 is 1.99. The lowest BCUT2D eigenvalue weighted by Crippen LogP contribution is -1.91. The molecule has 0 spiro atoms. The van der Waals surface area contributed by atoms with Crippen molar-refractivity contribution in [2.24, 2.45) is 0 Å². The van der Waals surface area contributed by atoms with Crippen molar-refractivity contribution in [2.75, 3.05) is 0 Å². The average molecular weight is 545 g/mol. The van der Waals surface area contributed by atoms with Crippen molar-refractivity contribution in [3.63, 3.8) is 0 Å². The zero-order valence-corrected chi connectivity index (χ0v) is 23.0. The second kappa shape index (κ2) is 8.89. The van der Waals surface area contributed by atoms with Gasteiger partial charge in [-0.3, -0.25) is 0 Å². The molecule has 0 saturated carbocycles. The largest absolute Gasteiger partial charge is 0.456 e. The maximum Gasteiger partial charge on any atom is 0.136 e. The summed E-state index contributed by atoms with van der Waals surface area (Å²) < 4.78 is 12.4. The molecule has 0 atom stereocenters. The third kappa shape index (κ3) is 3.59. The van der Waals surface area contributed by atoms with Gasteiger partial charge in [-0.05, 0) is 87.0 Å². The molecule has 41 heavy (non-hydrogen) atoms. The molecular weight excluding hydrogens is 520 g/mol. The van der Waals surface area contributed by atoms with Gasteiger partial charge in [-0.2, -0.15) is 11.8 Å². The molecule has 8 aromatic rings. The standard InChI is InChI=1S/C38H24O2S/c1-3-9-34-30(6-1)31-17-14-24(20-37(31)40-34)23-12-13-26-21-41-22-27-18-25(15-16-28(27)33(26)19-23)29-8-5-11-36-38(29)32-7-2-4-10-35(32)39-36/h1-20H,21-22H2. The Hall–Kier alpha value is -4.73. The molecule has 194 valence electrons. The van der Waals surface area contributed by atoms with Crippen LogP contribution in [0.15, 0.2) is 130 Å². The highest BCUT2D eigenvalue weighted by atomic mass is 32.2.